The quantitative estimate of drug-likeness (QED) is 0.467. The fourth-order valence-electron chi connectivity index (χ4n) is 2.90. The van der Waals surface area contributed by atoms with Crippen LogP contribution >= 0.6 is 0 Å². The van der Waals surface area contributed by atoms with Crippen molar-refractivity contribution in [3.05, 3.63) is 65.5 Å². The Balaban J connectivity index is 1.84. The number of alkyl carbamates (subject to hydrolysis) is 1. The molecule has 0 saturated heterocycles. The van der Waals surface area contributed by atoms with Gasteiger partial charge in [-0.05, 0) is 41.3 Å². The first-order chi connectivity index (χ1) is 14.8. The van der Waals surface area contributed by atoms with Gasteiger partial charge in [-0.15, -0.1) is 0 Å². The zero-order valence-electron chi connectivity index (χ0n) is 17.5. The minimum atomic E-state index is -1.10. The highest BCUT2D eigenvalue weighted by molar-refractivity contribution is 5.80. The van der Waals surface area contributed by atoms with Crippen molar-refractivity contribution >= 4 is 24.0 Å². The first-order valence-corrected chi connectivity index (χ1v) is 10.0. The highest BCUT2D eigenvalue weighted by Crippen LogP contribution is 2.17. The maximum atomic E-state index is 13.0. The van der Waals surface area contributed by atoms with Crippen LogP contribution in [-0.4, -0.2) is 36.0 Å². The molecule has 0 radical (unpaired) electrons. The van der Waals surface area contributed by atoms with Crippen molar-refractivity contribution in [2.75, 3.05) is 11.9 Å². The summed E-state index contributed by atoms with van der Waals surface area (Å²) < 4.78 is 18.2. The number of nitrogens with one attached hydrogen (secondary N) is 2. The summed E-state index contributed by atoms with van der Waals surface area (Å²) in [4.78, 5) is 34.6. The Hall–Kier alpha value is -3.42. The molecule has 0 bridgehead atoms. The van der Waals surface area contributed by atoms with E-state index in [9.17, 15) is 23.9 Å². The van der Waals surface area contributed by atoms with Gasteiger partial charge in [0.1, 0.15) is 24.8 Å². The van der Waals surface area contributed by atoms with E-state index in [1.54, 1.807) is 43.3 Å². The van der Waals surface area contributed by atoms with Crippen molar-refractivity contribution < 1.29 is 28.6 Å². The monoisotopic (exact) mass is 430 g/mol. The summed E-state index contributed by atoms with van der Waals surface area (Å²) in [6.07, 6.45) is 0.630. The van der Waals surface area contributed by atoms with Crippen molar-refractivity contribution in [2.45, 2.75) is 38.8 Å². The van der Waals surface area contributed by atoms with Crippen molar-refractivity contribution in [3.63, 3.8) is 0 Å². The number of aliphatic carboxylic acids is 1. The van der Waals surface area contributed by atoms with Gasteiger partial charge in [-0.2, -0.15) is 0 Å². The molecule has 166 valence electrons. The van der Waals surface area contributed by atoms with Gasteiger partial charge >= 0.3 is 12.1 Å². The van der Waals surface area contributed by atoms with E-state index in [4.69, 9.17) is 4.74 Å². The number of rotatable bonds is 11. The van der Waals surface area contributed by atoms with Crippen LogP contribution in [0.2, 0.25) is 0 Å². The topological polar surface area (TPSA) is 105 Å². The minimum absolute atomic E-state index is 0.00843. The second-order valence-corrected chi connectivity index (χ2v) is 7.29. The lowest BCUT2D eigenvalue weighted by Crippen LogP contribution is -2.45. The molecule has 2 aromatic carbocycles. The number of ether oxygens (including phenoxy) is 1. The molecule has 7 nitrogen and oxygen atoms in total. The SMILES string of the molecule is CC[C@H](C)[C@H](NC(=O)OCc1ccc(NCC(C=O)c2ccc(F)cc2)cc1)C(=O)O. The Bertz CT molecular complexity index is 871. The van der Waals surface area contributed by atoms with E-state index in [2.05, 4.69) is 10.6 Å². The molecule has 0 aromatic heterocycles. The maximum Gasteiger partial charge on any atom is 0.408 e. The third-order valence-corrected chi connectivity index (χ3v) is 5.06. The summed E-state index contributed by atoms with van der Waals surface area (Å²) in [5.74, 6) is -2.09. The van der Waals surface area contributed by atoms with Gasteiger partial charge in [0.15, 0.2) is 0 Å². The summed E-state index contributed by atoms with van der Waals surface area (Å²) in [5, 5.41) is 14.7. The van der Waals surface area contributed by atoms with Crippen LogP contribution in [0.5, 0.6) is 0 Å². The minimum Gasteiger partial charge on any atom is -0.480 e. The van der Waals surface area contributed by atoms with Crippen LogP contribution in [0.4, 0.5) is 14.9 Å². The van der Waals surface area contributed by atoms with Crippen LogP contribution in [0.25, 0.3) is 0 Å². The molecule has 0 aliphatic heterocycles. The van der Waals surface area contributed by atoms with Crippen molar-refractivity contribution in [3.8, 4) is 0 Å². The lowest BCUT2D eigenvalue weighted by molar-refractivity contribution is -0.140. The molecule has 0 heterocycles. The third kappa shape index (κ3) is 7.40. The van der Waals surface area contributed by atoms with Crippen molar-refractivity contribution in [2.24, 2.45) is 5.92 Å². The molecular weight excluding hydrogens is 403 g/mol. The van der Waals surface area contributed by atoms with Gasteiger partial charge in [-0.3, -0.25) is 0 Å². The lowest BCUT2D eigenvalue weighted by atomic mass is 10.00. The van der Waals surface area contributed by atoms with Crippen LogP contribution in [-0.2, 0) is 20.9 Å². The summed E-state index contributed by atoms with van der Waals surface area (Å²) >= 11 is 0. The maximum absolute atomic E-state index is 13.0. The molecule has 0 fully saturated rings. The number of carbonyl (C=O) groups is 3. The van der Waals surface area contributed by atoms with E-state index >= 15 is 0 Å². The third-order valence-electron chi connectivity index (χ3n) is 5.06. The van der Waals surface area contributed by atoms with Crippen LogP contribution in [0, 0.1) is 11.7 Å². The van der Waals surface area contributed by atoms with Crippen molar-refractivity contribution in [1.29, 1.82) is 0 Å². The van der Waals surface area contributed by atoms with E-state index in [-0.39, 0.29) is 18.3 Å². The number of aldehydes is 1. The van der Waals surface area contributed by atoms with Crippen LogP contribution in [0.15, 0.2) is 48.5 Å². The van der Waals surface area contributed by atoms with E-state index in [1.165, 1.54) is 12.1 Å². The second kappa shape index (κ2) is 11.7. The Morgan fingerprint density at radius 3 is 2.32 bits per heavy atom. The summed E-state index contributed by atoms with van der Waals surface area (Å²) in [6, 6.07) is 11.9. The molecule has 0 aliphatic rings. The molecule has 0 spiro atoms. The number of carboxylic acid groups (broad SMARTS) is 1. The average molecular weight is 430 g/mol. The second-order valence-electron chi connectivity index (χ2n) is 7.29. The smallest absolute Gasteiger partial charge is 0.408 e. The molecule has 1 unspecified atom stereocenters. The average Bonchev–Trinajstić information content (AvgIpc) is 2.77. The van der Waals surface area contributed by atoms with E-state index < -0.39 is 24.0 Å². The van der Waals surface area contributed by atoms with E-state index in [0.29, 0.717) is 13.0 Å². The Labute approximate surface area is 180 Å². The number of carbonyl (C=O) groups excluding carboxylic acids is 2. The predicted molar refractivity (Wildman–Crippen MR) is 114 cm³/mol. The van der Waals surface area contributed by atoms with Crippen LogP contribution in [0.1, 0.15) is 37.3 Å². The molecular formula is C23H27FN2O5. The van der Waals surface area contributed by atoms with Crippen LogP contribution < -0.4 is 10.6 Å². The van der Waals surface area contributed by atoms with Gasteiger partial charge in [-0.25, -0.2) is 14.0 Å². The van der Waals surface area contributed by atoms with Gasteiger partial charge in [0.05, 0.1) is 5.92 Å². The first-order valence-electron chi connectivity index (χ1n) is 10.0. The Morgan fingerprint density at radius 2 is 1.77 bits per heavy atom. The van der Waals surface area contributed by atoms with Gasteiger partial charge < -0.3 is 25.3 Å². The number of anilines is 1. The first kappa shape index (κ1) is 23.9. The molecule has 8 heteroatoms. The largest absolute Gasteiger partial charge is 0.480 e. The van der Waals surface area contributed by atoms with Gasteiger partial charge in [0.2, 0.25) is 0 Å². The summed E-state index contributed by atoms with van der Waals surface area (Å²) in [6.45, 7) is 3.93. The molecule has 31 heavy (non-hydrogen) atoms. The normalized spacial score (nSPS) is 13.5. The number of carboxylic acids is 1. The number of benzene rings is 2. The Morgan fingerprint density at radius 1 is 1.13 bits per heavy atom. The van der Waals surface area contributed by atoms with Gasteiger partial charge in [0.25, 0.3) is 0 Å². The van der Waals surface area contributed by atoms with E-state index in [1.807, 2.05) is 6.92 Å². The van der Waals surface area contributed by atoms with Crippen LogP contribution in [0.3, 0.4) is 0 Å². The lowest BCUT2D eigenvalue weighted by Gasteiger charge is -2.19. The molecule has 0 aliphatic carbocycles. The van der Waals surface area contributed by atoms with E-state index in [0.717, 1.165) is 23.1 Å². The number of hydrogen-bond donors (Lipinski definition) is 3. The molecule has 2 rings (SSSR count). The van der Waals surface area contributed by atoms with Gasteiger partial charge in [0, 0.05) is 12.2 Å². The standard InChI is InChI=1S/C23H27FN2O5/c1-3-15(2)21(22(28)29)26-23(30)31-14-16-4-10-20(11-5-16)25-12-18(13-27)17-6-8-19(24)9-7-17/h4-11,13,15,18,21,25H,3,12,14H2,1-2H3,(H,26,30)(H,28,29)/t15-,18?,21-/m0/s1. The highest BCUT2D eigenvalue weighted by atomic mass is 19.1. The molecule has 3 atom stereocenters. The number of halogens is 1. The van der Waals surface area contributed by atoms with Gasteiger partial charge in [-0.1, -0.05) is 44.5 Å². The summed E-state index contributed by atoms with van der Waals surface area (Å²) in [5.41, 5.74) is 2.21. The number of amides is 1. The molecule has 3 N–H and O–H groups in total. The fourth-order valence-corrected chi connectivity index (χ4v) is 2.90. The highest BCUT2D eigenvalue weighted by Gasteiger charge is 2.25. The summed E-state index contributed by atoms with van der Waals surface area (Å²) in [7, 11) is 0. The Kier molecular flexibility index (Phi) is 8.99. The predicted octanol–water partition coefficient (Wildman–Crippen LogP) is 3.95. The molecule has 0 saturated carbocycles. The van der Waals surface area contributed by atoms with Crippen molar-refractivity contribution in [1.82, 2.24) is 5.32 Å². The molecule has 2 aromatic rings. The fraction of sp³-hybridized carbons (Fsp3) is 0.348. The number of hydrogen-bond acceptors (Lipinski definition) is 5. The zero-order chi connectivity index (χ0) is 22.8. The molecule has 1 amide bonds. The zero-order valence-corrected chi connectivity index (χ0v) is 17.5.